The largest absolute Gasteiger partial charge is 0.494 e. The Morgan fingerprint density at radius 2 is 1.65 bits per heavy atom. The van der Waals surface area contributed by atoms with E-state index in [2.05, 4.69) is 16.0 Å². The average molecular weight is 639 g/mol. The van der Waals surface area contributed by atoms with Gasteiger partial charge in [0.05, 0.1) is 22.5 Å². The summed E-state index contributed by atoms with van der Waals surface area (Å²) >= 11 is 1.30. The molecular weight excluding hydrogens is 604 g/mol. The highest BCUT2D eigenvalue weighted by Gasteiger charge is 2.21. The number of carbonyl (C=O) groups is 3. The molecule has 0 aliphatic carbocycles. The van der Waals surface area contributed by atoms with Crippen LogP contribution in [0.15, 0.2) is 108 Å². The highest BCUT2D eigenvalue weighted by atomic mass is 32.2. The SMILES string of the molecule is CCOc1ccc(/C=C(/NC(=O)c2ccccc2)C(=O)Nc2cccc(SC(CC)C(=O)Nc3cc([N+](=O)[O-])ccc3C)c2)cc1. The van der Waals surface area contributed by atoms with E-state index in [9.17, 15) is 24.5 Å². The highest BCUT2D eigenvalue weighted by Crippen LogP contribution is 2.30. The smallest absolute Gasteiger partial charge is 0.272 e. The number of amides is 3. The van der Waals surface area contributed by atoms with Crippen LogP contribution in [-0.2, 0) is 9.59 Å². The van der Waals surface area contributed by atoms with Crippen molar-refractivity contribution in [1.29, 1.82) is 0 Å². The van der Waals surface area contributed by atoms with Crippen molar-refractivity contribution in [3.8, 4) is 5.75 Å². The van der Waals surface area contributed by atoms with Crippen molar-refractivity contribution in [3.63, 3.8) is 0 Å². The molecule has 0 aromatic heterocycles. The van der Waals surface area contributed by atoms with Crippen LogP contribution in [0.1, 0.15) is 41.8 Å². The first-order valence-corrected chi connectivity index (χ1v) is 15.5. The Balaban J connectivity index is 1.51. The lowest BCUT2D eigenvalue weighted by Crippen LogP contribution is -2.30. The molecule has 4 aromatic carbocycles. The van der Waals surface area contributed by atoms with Crippen molar-refractivity contribution in [3.05, 3.63) is 130 Å². The Morgan fingerprint density at radius 3 is 2.33 bits per heavy atom. The summed E-state index contributed by atoms with van der Waals surface area (Å²) < 4.78 is 5.50. The topological polar surface area (TPSA) is 140 Å². The number of rotatable bonds is 13. The van der Waals surface area contributed by atoms with Gasteiger partial charge in [-0.05, 0) is 79.9 Å². The number of thioether (sulfide) groups is 1. The molecule has 0 saturated carbocycles. The molecule has 0 radical (unpaired) electrons. The summed E-state index contributed by atoms with van der Waals surface area (Å²) in [4.78, 5) is 51.1. The number of nitrogens with zero attached hydrogens (tertiary/aromatic N) is 1. The van der Waals surface area contributed by atoms with Gasteiger partial charge in [-0.15, -0.1) is 11.8 Å². The van der Waals surface area contributed by atoms with Crippen molar-refractivity contribution >= 4 is 52.6 Å². The predicted molar refractivity (Wildman–Crippen MR) is 181 cm³/mol. The quantitative estimate of drug-likeness (QED) is 0.0608. The lowest BCUT2D eigenvalue weighted by atomic mass is 10.1. The molecule has 10 nitrogen and oxygen atoms in total. The van der Waals surface area contributed by atoms with E-state index < -0.39 is 22.0 Å². The predicted octanol–water partition coefficient (Wildman–Crippen LogP) is 7.22. The maximum absolute atomic E-state index is 13.5. The molecule has 0 aliphatic heterocycles. The van der Waals surface area contributed by atoms with Gasteiger partial charge >= 0.3 is 0 Å². The number of non-ortho nitro benzene ring substituents is 1. The molecule has 0 spiro atoms. The van der Waals surface area contributed by atoms with Crippen LogP contribution < -0.4 is 20.7 Å². The first-order chi connectivity index (χ1) is 22.2. The Hall–Kier alpha value is -5.42. The number of hydrogen-bond acceptors (Lipinski definition) is 7. The van der Waals surface area contributed by atoms with E-state index >= 15 is 0 Å². The summed E-state index contributed by atoms with van der Waals surface area (Å²) in [7, 11) is 0. The Morgan fingerprint density at radius 1 is 0.913 bits per heavy atom. The maximum Gasteiger partial charge on any atom is 0.272 e. The maximum atomic E-state index is 13.5. The van der Waals surface area contributed by atoms with E-state index in [1.165, 1.54) is 23.9 Å². The van der Waals surface area contributed by atoms with Crippen LogP contribution in [0.3, 0.4) is 0 Å². The standard InChI is InChI=1S/C35H34N4O6S/c1-4-32(35(42)37-30-22-27(39(43)44)17-14-23(30)3)46-29-13-9-12-26(21-29)36-34(41)31(38-33(40)25-10-7-6-8-11-25)20-24-15-18-28(19-16-24)45-5-2/h6-22,32H,4-5H2,1-3H3,(H,36,41)(H,37,42)(H,38,40)/b31-20+. The minimum atomic E-state index is -0.536. The molecule has 0 bridgehead atoms. The summed E-state index contributed by atoms with van der Waals surface area (Å²) in [5.74, 6) is -0.582. The number of nitro benzene ring substituents is 1. The number of ether oxygens (including phenoxy) is 1. The molecule has 3 amide bonds. The molecule has 0 heterocycles. The van der Waals surface area contributed by atoms with Crippen LogP contribution in [-0.4, -0.2) is 34.5 Å². The molecule has 0 aliphatic rings. The zero-order valence-electron chi connectivity index (χ0n) is 25.6. The highest BCUT2D eigenvalue weighted by molar-refractivity contribution is 8.00. The summed E-state index contributed by atoms with van der Waals surface area (Å²) in [6.45, 7) is 6.05. The van der Waals surface area contributed by atoms with Gasteiger partial charge in [0.25, 0.3) is 17.5 Å². The number of nitro groups is 1. The Kier molecular flexibility index (Phi) is 11.7. The zero-order chi connectivity index (χ0) is 33.1. The third kappa shape index (κ3) is 9.29. The second-order valence-electron chi connectivity index (χ2n) is 10.1. The summed E-state index contributed by atoms with van der Waals surface area (Å²) in [6, 6.07) is 27.1. The minimum absolute atomic E-state index is 0.0363. The first-order valence-electron chi connectivity index (χ1n) is 14.6. The second kappa shape index (κ2) is 16.1. The number of aryl methyl sites for hydroxylation is 1. The normalized spacial score (nSPS) is 11.7. The van der Waals surface area contributed by atoms with Gasteiger partial charge in [-0.1, -0.05) is 49.4 Å². The van der Waals surface area contributed by atoms with Crippen molar-refractivity contribution in [1.82, 2.24) is 5.32 Å². The van der Waals surface area contributed by atoms with Crippen LogP contribution in [0.5, 0.6) is 5.75 Å². The zero-order valence-corrected chi connectivity index (χ0v) is 26.4. The summed E-state index contributed by atoms with van der Waals surface area (Å²) in [5.41, 5.74) is 2.56. The lowest BCUT2D eigenvalue weighted by molar-refractivity contribution is -0.384. The molecule has 0 fully saturated rings. The molecule has 3 N–H and O–H groups in total. The van der Waals surface area contributed by atoms with Crippen LogP contribution >= 0.6 is 11.8 Å². The Bertz CT molecular complexity index is 1740. The van der Waals surface area contributed by atoms with E-state index in [4.69, 9.17) is 4.74 Å². The number of carbonyl (C=O) groups excluding carboxylic acids is 3. The van der Waals surface area contributed by atoms with Crippen LogP contribution in [0.2, 0.25) is 0 Å². The average Bonchev–Trinajstić information content (AvgIpc) is 3.05. The van der Waals surface area contributed by atoms with E-state index in [0.29, 0.717) is 46.8 Å². The van der Waals surface area contributed by atoms with Gasteiger partial charge in [0.15, 0.2) is 0 Å². The minimum Gasteiger partial charge on any atom is -0.494 e. The van der Waals surface area contributed by atoms with Gasteiger partial charge in [0.2, 0.25) is 5.91 Å². The van der Waals surface area contributed by atoms with Gasteiger partial charge in [0.1, 0.15) is 11.4 Å². The second-order valence-corrected chi connectivity index (χ2v) is 11.4. The van der Waals surface area contributed by atoms with E-state index in [1.807, 2.05) is 19.9 Å². The number of hydrogen-bond donors (Lipinski definition) is 3. The third-order valence-electron chi connectivity index (χ3n) is 6.75. The van der Waals surface area contributed by atoms with Crippen molar-refractivity contribution in [2.75, 3.05) is 17.2 Å². The molecule has 4 aromatic rings. The molecule has 1 unspecified atom stereocenters. The van der Waals surface area contributed by atoms with Gasteiger partial charge in [-0.2, -0.15) is 0 Å². The summed E-state index contributed by atoms with van der Waals surface area (Å²) in [6.07, 6.45) is 2.07. The van der Waals surface area contributed by atoms with Crippen LogP contribution in [0.25, 0.3) is 6.08 Å². The van der Waals surface area contributed by atoms with E-state index in [-0.39, 0.29) is 17.3 Å². The molecule has 4 rings (SSSR count). The van der Waals surface area contributed by atoms with Crippen molar-refractivity contribution in [2.45, 2.75) is 37.3 Å². The van der Waals surface area contributed by atoms with Gasteiger partial charge < -0.3 is 20.7 Å². The molecule has 236 valence electrons. The number of benzene rings is 4. The van der Waals surface area contributed by atoms with Crippen LogP contribution in [0.4, 0.5) is 17.1 Å². The fraction of sp³-hybridized carbons (Fsp3) is 0.171. The van der Waals surface area contributed by atoms with Crippen LogP contribution in [0, 0.1) is 17.0 Å². The molecule has 1 atom stereocenters. The molecule has 46 heavy (non-hydrogen) atoms. The Labute approximate surface area is 271 Å². The van der Waals surface area contributed by atoms with Gasteiger partial charge in [-0.25, -0.2) is 0 Å². The molecule has 11 heteroatoms. The monoisotopic (exact) mass is 638 g/mol. The summed E-state index contributed by atoms with van der Waals surface area (Å²) in [5, 5.41) is 19.1. The third-order valence-corrected chi connectivity index (χ3v) is 8.11. The fourth-order valence-corrected chi connectivity index (χ4v) is 5.35. The van der Waals surface area contributed by atoms with E-state index in [1.54, 1.807) is 91.9 Å². The number of anilines is 2. The van der Waals surface area contributed by atoms with Gasteiger partial charge in [-0.3, -0.25) is 24.5 Å². The van der Waals surface area contributed by atoms with Gasteiger partial charge in [0, 0.05) is 28.3 Å². The molecular formula is C35H34N4O6S. The fourth-order valence-electron chi connectivity index (χ4n) is 4.34. The van der Waals surface area contributed by atoms with E-state index in [0.717, 1.165) is 4.90 Å². The van der Waals surface area contributed by atoms with Crippen molar-refractivity contribution < 1.29 is 24.0 Å². The number of nitrogens with one attached hydrogen (secondary N) is 3. The van der Waals surface area contributed by atoms with Crippen molar-refractivity contribution in [2.24, 2.45) is 0 Å². The lowest BCUT2D eigenvalue weighted by Gasteiger charge is -2.17. The molecule has 0 saturated heterocycles. The first kappa shape index (κ1) is 33.5.